The summed E-state index contributed by atoms with van der Waals surface area (Å²) in [7, 11) is 0. The van der Waals surface area contributed by atoms with Crippen LogP contribution in [0.2, 0.25) is 0 Å². The lowest BCUT2D eigenvalue weighted by Crippen LogP contribution is -2.27. The summed E-state index contributed by atoms with van der Waals surface area (Å²) in [5.74, 6) is -0.203. The van der Waals surface area contributed by atoms with Crippen molar-refractivity contribution in [1.82, 2.24) is 0 Å². The van der Waals surface area contributed by atoms with E-state index in [1.807, 2.05) is 0 Å². The SMILES string of the molecule is CCCCC/C=C\C/C=C\CCCCCCCCCC(=O)OC(CO)COCCCCCCCCCCCCCCCCCCCCCCCCCCC. The lowest BCUT2D eigenvalue weighted by molar-refractivity contribution is -0.154. The Labute approximate surface area is 338 Å². The van der Waals surface area contributed by atoms with Crippen molar-refractivity contribution in [2.45, 2.75) is 270 Å². The van der Waals surface area contributed by atoms with Crippen molar-refractivity contribution in [2.75, 3.05) is 19.8 Å². The van der Waals surface area contributed by atoms with Gasteiger partial charge in [0.1, 0.15) is 6.10 Å². The minimum absolute atomic E-state index is 0.170. The van der Waals surface area contributed by atoms with Gasteiger partial charge in [-0.25, -0.2) is 0 Å². The van der Waals surface area contributed by atoms with Crippen LogP contribution in [0, 0.1) is 0 Å². The highest BCUT2D eigenvalue weighted by molar-refractivity contribution is 5.69. The first-order valence-electron chi connectivity index (χ1n) is 24.4. The summed E-state index contributed by atoms with van der Waals surface area (Å²) in [5.41, 5.74) is 0. The smallest absolute Gasteiger partial charge is 0.306 e. The average Bonchev–Trinajstić information content (AvgIpc) is 3.18. The van der Waals surface area contributed by atoms with Crippen LogP contribution < -0.4 is 0 Å². The zero-order valence-electron chi connectivity index (χ0n) is 36.8. The first-order chi connectivity index (χ1) is 26.7. The average molecular weight is 761 g/mol. The van der Waals surface area contributed by atoms with Crippen LogP contribution in [-0.2, 0) is 14.3 Å². The maximum atomic E-state index is 12.2. The second kappa shape index (κ2) is 48.0. The van der Waals surface area contributed by atoms with Gasteiger partial charge in [-0.15, -0.1) is 0 Å². The maximum absolute atomic E-state index is 12.2. The monoisotopic (exact) mass is 761 g/mol. The van der Waals surface area contributed by atoms with Crippen molar-refractivity contribution in [3.8, 4) is 0 Å². The molecule has 0 saturated carbocycles. The number of carbonyl (C=O) groups excluding carboxylic acids is 1. The van der Waals surface area contributed by atoms with E-state index in [-0.39, 0.29) is 12.6 Å². The van der Waals surface area contributed by atoms with Crippen molar-refractivity contribution >= 4 is 5.97 Å². The third-order valence-electron chi connectivity index (χ3n) is 11.0. The van der Waals surface area contributed by atoms with E-state index in [1.165, 1.54) is 218 Å². The molecule has 0 spiro atoms. The highest BCUT2D eigenvalue weighted by Gasteiger charge is 2.13. The van der Waals surface area contributed by atoms with Crippen LogP contribution >= 0.6 is 0 Å². The molecule has 4 nitrogen and oxygen atoms in total. The Kier molecular flexibility index (Phi) is 47.0. The zero-order chi connectivity index (χ0) is 39.1. The van der Waals surface area contributed by atoms with Gasteiger partial charge >= 0.3 is 5.97 Å². The number of hydrogen-bond donors (Lipinski definition) is 1. The van der Waals surface area contributed by atoms with Crippen LogP contribution in [0.3, 0.4) is 0 Å². The number of carbonyl (C=O) groups is 1. The molecular weight excluding hydrogens is 665 g/mol. The summed E-state index contributed by atoms with van der Waals surface area (Å²) in [5, 5.41) is 9.63. The van der Waals surface area contributed by atoms with Crippen molar-refractivity contribution in [3.63, 3.8) is 0 Å². The predicted molar refractivity (Wildman–Crippen MR) is 237 cm³/mol. The molecule has 1 atom stereocenters. The quantitative estimate of drug-likeness (QED) is 0.0381. The largest absolute Gasteiger partial charge is 0.457 e. The molecule has 0 radical (unpaired) electrons. The molecule has 54 heavy (non-hydrogen) atoms. The predicted octanol–water partition coefficient (Wildman–Crippen LogP) is 16.3. The summed E-state index contributed by atoms with van der Waals surface area (Å²) < 4.78 is 11.2. The van der Waals surface area contributed by atoms with Gasteiger partial charge in [-0.3, -0.25) is 4.79 Å². The number of esters is 1. The minimum atomic E-state index is -0.535. The van der Waals surface area contributed by atoms with Gasteiger partial charge in [0.15, 0.2) is 0 Å². The van der Waals surface area contributed by atoms with Gasteiger partial charge in [-0.1, -0.05) is 237 Å². The molecule has 4 heteroatoms. The first kappa shape index (κ1) is 52.9. The van der Waals surface area contributed by atoms with Crippen LogP contribution in [0.15, 0.2) is 24.3 Å². The molecule has 0 aromatic carbocycles. The standard InChI is InChI=1S/C50H96O4/c1-3-5-7-9-11-13-15-17-19-21-22-23-24-25-26-27-28-30-32-34-36-38-40-42-44-46-53-48-49(47-51)54-50(52)45-43-41-39-37-35-33-31-29-20-18-16-14-12-10-8-6-4-2/h12,14,18,20,49,51H,3-11,13,15-17,19,21-48H2,1-2H3/b14-12-,20-18-. The normalized spacial score (nSPS) is 12.4. The highest BCUT2D eigenvalue weighted by Crippen LogP contribution is 2.16. The second-order valence-electron chi connectivity index (χ2n) is 16.5. The van der Waals surface area contributed by atoms with E-state index < -0.39 is 6.10 Å². The van der Waals surface area contributed by atoms with E-state index in [2.05, 4.69) is 38.2 Å². The second-order valence-corrected chi connectivity index (χ2v) is 16.5. The van der Waals surface area contributed by atoms with Gasteiger partial charge in [0.25, 0.3) is 0 Å². The molecule has 0 fully saturated rings. The molecular formula is C50H96O4. The zero-order valence-corrected chi connectivity index (χ0v) is 36.8. The number of aliphatic hydroxyl groups excluding tert-OH is 1. The summed E-state index contributed by atoms with van der Waals surface area (Å²) in [6.07, 6.45) is 59.8. The summed E-state index contributed by atoms with van der Waals surface area (Å²) in [4.78, 5) is 12.2. The summed E-state index contributed by atoms with van der Waals surface area (Å²) in [6, 6.07) is 0. The van der Waals surface area contributed by atoms with E-state index in [0.717, 1.165) is 25.7 Å². The lowest BCUT2D eigenvalue weighted by Gasteiger charge is -2.16. The number of ether oxygens (including phenoxy) is 2. The fourth-order valence-corrected chi connectivity index (χ4v) is 7.36. The lowest BCUT2D eigenvalue weighted by atomic mass is 10.0. The van der Waals surface area contributed by atoms with E-state index in [4.69, 9.17) is 9.47 Å². The first-order valence-corrected chi connectivity index (χ1v) is 24.4. The number of unbranched alkanes of at least 4 members (excludes halogenated alkanes) is 34. The summed E-state index contributed by atoms with van der Waals surface area (Å²) in [6.45, 7) is 5.36. The molecule has 0 aromatic rings. The van der Waals surface area contributed by atoms with Crippen LogP contribution in [0.4, 0.5) is 0 Å². The van der Waals surface area contributed by atoms with E-state index >= 15 is 0 Å². The van der Waals surface area contributed by atoms with E-state index in [0.29, 0.717) is 19.6 Å². The van der Waals surface area contributed by atoms with Crippen molar-refractivity contribution in [2.24, 2.45) is 0 Å². The van der Waals surface area contributed by atoms with Crippen molar-refractivity contribution < 1.29 is 19.4 Å². The molecule has 0 aliphatic rings. The van der Waals surface area contributed by atoms with Gasteiger partial charge in [-0.2, -0.15) is 0 Å². The number of allylic oxidation sites excluding steroid dienone is 4. The Bertz CT molecular complexity index is 762. The number of aliphatic hydroxyl groups is 1. The fourth-order valence-electron chi connectivity index (χ4n) is 7.36. The van der Waals surface area contributed by atoms with Gasteiger partial charge < -0.3 is 14.6 Å². The third-order valence-corrected chi connectivity index (χ3v) is 11.0. The van der Waals surface area contributed by atoms with Gasteiger partial charge in [0.2, 0.25) is 0 Å². The molecule has 1 N–H and O–H groups in total. The molecule has 0 rings (SSSR count). The van der Waals surface area contributed by atoms with Gasteiger partial charge in [-0.05, 0) is 44.9 Å². The fraction of sp³-hybridized carbons (Fsp3) is 0.900. The molecule has 320 valence electrons. The Morgan fingerprint density at radius 2 is 0.778 bits per heavy atom. The van der Waals surface area contributed by atoms with E-state index in [9.17, 15) is 9.90 Å². The Morgan fingerprint density at radius 1 is 0.444 bits per heavy atom. The third kappa shape index (κ3) is 45.3. The minimum Gasteiger partial charge on any atom is -0.457 e. The van der Waals surface area contributed by atoms with Gasteiger partial charge in [0.05, 0.1) is 13.2 Å². The van der Waals surface area contributed by atoms with Crippen LogP contribution in [-0.4, -0.2) is 37.0 Å². The van der Waals surface area contributed by atoms with Crippen molar-refractivity contribution in [1.29, 1.82) is 0 Å². The molecule has 0 amide bonds. The molecule has 0 bridgehead atoms. The molecule has 0 aliphatic heterocycles. The molecule has 0 aromatic heterocycles. The van der Waals surface area contributed by atoms with E-state index in [1.54, 1.807) is 0 Å². The summed E-state index contributed by atoms with van der Waals surface area (Å²) >= 11 is 0. The number of hydrogen-bond acceptors (Lipinski definition) is 4. The van der Waals surface area contributed by atoms with Crippen LogP contribution in [0.1, 0.15) is 264 Å². The maximum Gasteiger partial charge on any atom is 0.306 e. The highest BCUT2D eigenvalue weighted by atomic mass is 16.6. The topological polar surface area (TPSA) is 55.8 Å². The van der Waals surface area contributed by atoms with Gasteiger partial charge in [0, 0.05) is 13.0 Å². The molecule has 0 heterocycles. The Balaban J connectivity index is 3.35. The molecule has 0 aliphatic carbocycles. The van der Waals surface area contributed by atoms with Crippen molar-refractivity contribution in [3.05, 3.63) is 24.3 Å². The molecule has 0 saturated heterocycles. The Hall–Kier alpha value is -1.13. The van der Waals surface area contributed by atoms with Crippen LogP contribution in [0.5, 0.6) is 0 Å². The molecule has 1 unspecified atom stereocenters. The Morgan fingerprint density at radius 3 is 1.19 bits per heavy atom. The van der Waals surface area contributed by atoms with Crippen LogP contribution in [0.25, 0.3) is 0 Å². The number of rotatable bonds is 46.